The molecule has 0 heterocycles. The fourth-order valence-electron chi connectivity index (χ4n) is 1.06. The van der Waals surface area contributed by atoms with E-state index in [2.05, 4.69) is 0 Å². The van der Waals surface area contributed by atoms with Crippen molar-refractivity contribution in [3.8, 4) is 0 Å². The van der Waals surface area contributed by atoms with Crippen LogP contribution in [0.3, 0.4) is 0 Å². The predicted octanol–water partition coefficient (Wildman–Crippen LogP) is 2.12. The highest BCUT2D eigenvalue weighted by atomic mass is 19.4. The molecular weight excluding hydrogens is 218 g/mol. The van der Waals surface area contributed by atoms with Gasteiger partial charge in [-0.05, 0) is 12.1 Å². The van der Waals surface area contributed by atoms with Crippen LogP contribution in [0.15, 0.2) is 12.1 Å². The SMILES string of the molecule is Nc1c(F)ccc(C(F)(F)F)c1C(=O)O. The van der Waals surface area contributed by atoms with Crippen molar-refractivity contribution in [3.05, 3.63) is 29.1 Å². The summed E-state index contributed by atoms with van der Waals surface area (Å²) in [5.74, 6) is -3.11. The minimum atomic E-state index is -4.88. The molecule has 0 radical (unpaired) electrons. The number of rotatable bonds is 1. The van der Waals surface area contributed by atoms with Crippen LogP contribution in [0.25, 0.3) is 0 Å². The van der Waals surface area contributed by atoms with Gasteiger partial charge >= 0.3 is 12.1 Å². The number of halogens is 4. The molecule has 82 valence electrons. The van der Waals surface area contributed by atoms with Gasteiger partial charge in [0.1, 0.15) is 5.82 Å². The van der Waals surface area contributed by atoms with E-state index < -0.39 is 34.8 Å². The molecule has 0 aliphatic rings. The average molecular weight is 223 g/mol. The maximum absolute atomic E-state index is 12.8. The molecular formula is C8H5F4NO2. The second kappa shape index (κ2) is 3.41. The minimum Gasteiger partial charge on any atom is -0.478 e. The third kappa shape index (κ3) is 2.00. The van der Waals surface area contributed by atoms with E-state index in [1.54, 1.807) is 0 Å². The quantitative estimate of drug-likeness (QED) is 0.566. The van der Waals surface area contributed by atoms with E-state index in [4.69, 9.17) is 10.8 Å². The highest BCUT2D eigenvalue weighted by molar-refractivity contribution is 5.95. The Labute approximate surface area is 81.1 Å². The van der Waals surface area contributed by atoms with Gasteiger partial charge in [0.05, 0.1) is 16.8 Å². The summed E-state index contributed by atoms with van der Waals surface area (Å²) >= 11 is 0. The molecule has 0 atom stereocenters. The number of hydrogen-bond donors (Lipinski definition) is 2. The molecule has 1 aromatic carbocycles. The molecule has 1 rings (SSSR count). The third-order valence-electron chi connectivity index (χ3n) is 1.71. The summed E-state index contributed by atoms with van der Waals surface area (Å²) < 4.78 is 49.6. The summed E-state index contributed by atoms with van der Waals surface area (Å²) in [6.45, 7) is 0. The molecule has 0 spiro atoms. The van der Waals surface area contributed by atoms with E-state index >= 15 is 0 Å². The summed E-state index contributed by atoms with van der Waals surface area (Å²) in [5, 5.41) is 8.49. The molecule has 0 bridgehead atoms. The van der Waals surface area contributed by atoms with E-state index in [0.29, 0.717) is 12.1 Å². The van der Waals surface area contributed by atoms with Gasteiger partial charge in [-0.1, -0.05) is 0 Å². The predicted molar refractivity (Wildman–Crippen MR) is 42.8 cm³/mol. The molecule has 7 heteroatoms. The highest BCUT2D eigenvalue weighted by Gasteiger charge is 2.37. The van der Waals surface area contributed by atoms with Gasteiger partial charge in [-0.2, -0.15) is 13.2 Å². The number of benzene rings is 1. The smallest absolute Gasteiger partial charge is 0.417 e. The standard InChI is InChI=1S/C8H5F4NO2/c9-4-2-1-3(8(10,11)12)5(6(4)13)7(14)15/h1-2H,13H2,(H,14,15). The molecule has 3 N–H and O–H groups in total. The van der Waals surface area contributed by atoms with Crippen molar-refractivity contribution in [1.29, 1.82) is 0 Å². The number of carboxylic acids is 1. The summed E-state index contributed by atoms with van der Waals surface area (Å²) in [5.41, 5.74) is 1.18. The zero-order valence-corrected chi connectivity index (χ0v) is 7.10. The fraction of sp³-hybridized carbons (Fsp3) is 0.125. The van der Waals surface area contributed by atoms with E-state index in [-0.39, 0.29) is 0 Å². The Hall–Kier alpha value is -1.79. The van der Waals surface area contributed by atoms with Crippen LogP contribution >= 0.6 is 0 Å². The van der Waals surface area contributed by atoms with Crippen LogP contribution in [0, 0.1) is 5.82 Å². The lowest BCUT2D eigenvalue weighted by atomic mass is 10.0. The topological polar surface area (TPSA) is 63.3 Å². The zero-order chi connectivity index (χ0) is 11.8. The molecule has 0 aliphatic heterocycles. The first-order chi connectivity index (χ1) is 6.75. The van der Waals surface area contributed by atoms with E-state index in [1.165, 1.54) is 0 Å². The van der Waals surface area contributed by atoms with Crippen LogP contribution in [0.5, 0.6) is 0 Å². The van der Waals surface area contributed by atoms with Crippen molar-refractivity contribution < 1.29 is 27.5 Å². The van der Waals surface area contributed by atoms with Gasteiger partial charge in [0.2, 0.25) is 0 Å². The van der Waals surface area contributed by atoms with E-state index in [1.807, 2.05) is 0 Å². The molecule has 0 fully saturated rings. The number of alkyl halides is 3. The number of hydrogen-bond acceptors (Lipinski definition) is 2. The maximum Gasteiger partial charge on any atom is 0.417 e. The lowest BCUT2D eigenvalue weighted by Crippen LogP contribution is -2.16. The largest absolute Gasteiger partial charge is 0.478 e. The summed E-state index contributed by atoms with van der Waals surface area (Å²) in [4.78, 5) is 10.5. The lowest BCUT2D eigenvalue weighted by molar-refractivity contribution is -0.138. The van der Waals surface area contributed by atoms with Gasteiger partial charge < -0.3 is 10.8 Å². The molecule has 3 nitrogen and oxygen atoms in total. The van der Waals surface area contributed by atoms with Crippen LogP contribution in [-0.2, 0) is 6.18 Å². The Bertz CT molecular complexity index is 414. The second-order valence-electron chi connectivity index (χ2n) is 2.69. The van der Waals surface area contributed by atoms with Crippen LogP contribution in [-0.4, -0.2) is 11.1 Å². The minimum absolute atomic E-state index is 0.342. The van der Waals surface area contributed by atoms with Crippen molar-refractivity contribution in [2.24, 2.45) is 0 Å². The first-order valence-electron chi connectivity index (χ1n) is 3.63. The van der Waals surface area contributed by atoms with Crippen LogP contribution < -0.4 is 5.73 Å². The van der Waals surface area contributed by atoms with E-state index in [9.17, 15) is 22.4 Å². The number of aromatic carboxylic acids is 1. The van der Waals surface area contributed by atoms with Crippen molar-refractivity contribution in [1.82, 2.24) is 0 Å². The Balaban J connectivity index is 3.55. The van der Waals surface area contributed by atoms with Gasteiger partial charge in [0.25, 0.3) is 0 Å². The van der Waals surface area contributed by atoms with Crippen LogP contribution in [0.2, 0.25) is 0 Å². The number of carboxylic acid groups (broad SMARTS) is 1. The fourth-order valence-corrected chi connectivity index (χ4v) is 1.06. The highest BCUT2D eigenvalue weighted by Crippen LogP contribution is 2.35. The molecule has 1 aromatic rings. The average Bonchev–Trinajstić information content (AvgIpc) is 2.06. The Morgan fingerprint density at radius 3 is 2.27 bits per heavy atom. The Morgan fingerprint density at radius 1 is 1.33 bits per heavy atom. The van der Waals surface area contributed by atoms with Crippen LogP contribution in [0.1, 0.15) is 15.9 Å². The lowest BCUT2D eigenvalue weighted by Gasteiger charge is -2.12. The number of nitrogens with two attached hydrogens (primary N) is 1. The van der Waals surface area contributed by atoms with E-state index in [0.717, 1.165) is 0 Å². The summed E-state index contributed by atoms with van der Waals surface area (Å²) in [7, 11) is 0. The Morgan fingerprint density at radius 2 is 1.87 bits per heavy atom. The van der Waals surface area contributed by atoms with Crippen molar-refractivity contribution in [2.45, 2.75) is 6.18 Å². The second-order valence-corrected chi connectivity index (χ2v) is 2.69. The molecule has 0 amide bonds. The van der Waals surface area contributed by atoms with Crippen LogP contribution in [0.4, 0.5) is 23.2 Å². The molecule has 0 aliphatic carbocycles. The zero-order valence-electron chi connectivity index (χ0n) is 7.10. The normalized spacial score (nSPS) is 11.5. The van der Waals surface area contributed by atoms with Gasteiger partial charge in [0.15, 0.2) is 0 Å². The molecule has 0 unspecified atom stereocenters. The number of anilines is 1. The molecule has 0 saturated carbocycles. The first-order valence-corrected chi connectivity index (χ1v) is 3.63. The third-order valence-corrected chi connectivity index (χ3v) is 1.71. The monoisotopic (exact) mass is 223 g/mol. The van der Waals surface area contributed by atoms with Gasteiger partial charge in [-0.25, -0.2) is 9.18 Å². The molecule has 15 heavy (non-hydrogen) atoms. The van der Waals surface area contributed by atoms with Crippen molar-refractivity contribution in [3.63, 3.8) is 0 Å². The van der Waals surface area contributed by atoms with Gasteiger partial charge in [-0.15, -0.1) is 0 Å². The molecule has 0 aromatic heterocycles. The summed E-state index contributed by atoms with van der Waals surface area (Å²) in [6.07, 6.45) is -4.88. The number of nitrogen functional groups attached to an aromatic ring is 1. The van der Waals surface area contributed by atoms with Crippen molar-refractivity contribution >= 4 is 11.7 Å². The summed E-state index contributed by atoms with van der Waals surface area (Å²) in [6, 6.07) is 0.819. The Kier molecular flexibility index (Phi) is 2.57. The maximum atomic E-state index is 12.8. The molecule has 0 saturated heterocycles. The van der Waals surface area contributed by atoms with Gasteiger partial charge in [0, 0.05) is 0 Å². The number of carbonyl (C=O) groups is 1. The first kappa shape index (κ1) is 11.3. The van der Waals surface area contributed by atoms with Gasteiger partial charge in [-0.3, -0.25) is 0 Å². The van der Waals surface area contributed by atoms with Crippen molar-refractivity contribution in [2.75, 3.05) is 5.73 Å².